The molecule has 4 atom stereocenters. The maximum Gasteiger partial charge on any atom is 0.227 e. The molecule has 3 heteroatoms. The Morgan fingerprint density at radius 3 is 2.00 bits per heavy atom. The molecule has 0 radical (unpaired) electrons. The molecule has 2 aliphatic heterocycles. The number of nitrogens with zero attached hydrogens (tertiary/aromatic N) is 1. The van der Waals surface area contributed by atoms with E-state index in [1.165, 1.54) is 70.9 Å². The molecular formula is C25H34N2O. The fraction of sp³-hybridized carbons (Fsp3) is 0.720. The van der Waals surface area contributed by atoms with Crippen molar-refractivity contribution in [3.63, 3.8) is 0 Å². The van der Waals surface area contributed by atoms with E-state index < -0.39 is 0 Å². The van der Waals surface area contributed by atoms with Crippen LogP contribution in [-0.2, 0) is 4.79 Å². The Labute approximate surface area is 169 Å². The lowest BCUT2D eigenvalue weighted by molar-refractivity contribution is -0.120. The molecule has 5 aliphatic rings. The zero-order chi connectivity index (χ0) is 18.7. The van der Waals surface area contributed by atoms with E-state index in [-0.39, 0.29) is 11.8 Å². The van der Waals surface area contributed by atoms with Crippen LogP contribution in [0.2, 0.25) is 0 Å². The van der Waals surface area contributed by atoms with Crippen LogP contribution in [0.3, 0.4) is 0 Å². The highest BCUT2D eigenvalue weighted by Gasteiger charge is 2.44. The molecule has 0 spiro atoms. The molecule has 2 heterocycles. The van der Waals surface area contributed by atoms with Crippen LogP contribution in [0, 0.1) is 17.8 Å². The van der Waals surface area contributed by atoms with E-state index in [9.17, 15) is 4.79 Å². The summed E-state index contributed by atoms with van der Waals surface area (Å²) >= 11 is 0. The summed E-state index contributed by atoms with van der Waals surface area (Å²) in [5.41, 5.74) is 5.84. The maximum absolute atomic E-state index is 12.9. The number of hydrogen-bond acceptors (Lipinski definition) is 2. The molecule has 3 saturated carbocycles. The molecule has 1 aromatic carbocycles. The van der Waals surface area contributed by atoms with Crippen LogP contribution < -0.4 is 10.2 Å². The van der Waals surface area contributed by atoms with Gasteiger partial charge in [-0.3, -0.25) is 4.79 Å². The Bertz CT molecular complexity index is 736. The molecule has 4 unspecified atom stereocenters. The van der Waals surface area contributed by atoms with Gasteiger partial charge in [-0.25, -0.2) is 0 Å². The number of fused-ring (bicyclic) bond motifs is 4. The normalized spacial score (nSPS) is 33.9. The van der Waals surface area contributed by atoms with Gasteiger partial charge in [0.1, 0.15) is 0 Å². The van der Waals surface area contributed by atoms with Crippen molar-refractivity contribution in [2.75, 3.05) is 23.3 Å². The van der Waals surface area contributed by atoms with Crippen molar-refractivity contribution < 1.29 is 4.79 Å². The highest BCUT2D eigenvalue weighted by molar-refractivity contribution is 5.93. The fourth-order valence-corrected chi connectivity index (χ4v) is 7.44. The lowest BCUT2D eigenvalue weighted by Gasteiger charge is -2.46. The molecule has 150 valence electrons. The number of carbonyl (C=O) groups is 1. The zero-order valence-corrected chi connectivity index (χ0v) is 17.1. The van der Waals surface area contributed by atoms with Crippen LogP contribution in [0.4, 0.5) is 11.4 Å². The molecular weight excluding hydrogens is 344 g/mol. The third kappa shape index (κ3) is 2.72. The molecule has 0 saturated heterocycles. The molecule has 3 fully saturated rings. The van der Waals surface area contributed by atoms with E-state index in [0.29, 0.717) is 0 Å². The van der Waals surface area contributed by atoms with Crippen molar-refractivity contribution in [3.8, 4) is 0 Å². The van der Waals surface area contributed by atoms with E-state index in [2.05, 4.69) is 22.3 Å². The number of carbonyl (C=O) groups excluding carboxylic acids is 1. The first-order chi connectivity index (χ1) is 13.8. The van der Waals surface area contributed by atoms with Crippen molar-refractivity contribution in [1.29, 1.82) is 0 Å². The second kappa shape index (κ2) is 6.78. The van der Waals surface area contributed by atoms with Gasteiger partial charge in [0.05, 0.1) is 0 Å². The quantitative estimate of drug-likeness (QED) is 0.705. The predicted molar refractivity (Wildman–Crippen MR) is 114 cm³/mol. The van der Waals surface area contributed by atoms with Gasteiger partial charge in [-0.2, -0.15) is 0 Å². The van der Waals surface area contributed by atoms with Gasteiger partial charge in [0.15, 0.2) is 0 Å². The van der Waals surface area contributed by atoms with Crippen LogP contribution in [0.5, 0.6) is 0 Å². The summed E-state index contributed by atoms with van der Waals surface area (Å²) in [4.78, 5) is 15.7. The summed E-state index contributed by atoms with van der Waals surface area (Å²) in [7, 11) is 0. The Hall–Kier alpha value is -1.51. The van der Waals surface area contributed by atoms with Gasteiger partial charge in [-0.05, 0) is 85.5 Å². The minimum atomic E-state index is 0.232. The third-order valence-corrected chi connectivity index (χ3v) is 8.76. The molecule has 0 bridgehead atoms. The molecule has 28 heavy (non-hydrogen) atoms. The second-order valence-electron chi connectivity index (χ2n) is 10.3. The second-order valence-corrected chi connectivity index (χ2v) is 10.3. The van der Waals surface area contributed by atoms with Crippen molar-refractivity contribution in [2.24, 2.45) is 17.8 Å². The SMILES string of the molecule is O=C(Nc1cc2c3c(c1)C1CCCC1CN3CC1CCCC21)C1CCCCC1. The summed E-state index contributed by atoms with van der Waals surface area (Å²) in [6, 6.07) is 4.76. The number of amides is 1. The summed E-state index contributed by atoms with van der Waals surface area (Å²) in [6.07, 6.45) is 14.1. The van der Waals surface area contributed by atoms with Gasteiger partial charge in [0.25, 0.3) is 0 Å². The van der Waals surface area contributed by atoms with Crippen molar-refractivity contribution >= 4 is 17.3 Å². The van der Waals surface area contributed by atoms with Gasteiger partial charge >= 0.3 is 0 Å². The van der Waals surface area contributed by atoms with Crippen LogP contribution in [0.25, 0.3) is 0 Å². The minimum Gasteiger partial charge on any atom is -0.370 e. The van der Waals surface area contributed by atoms with Gasteiger partial charge < -0.3 is 10.2 Å². The molecule has 3 nitrogen and oxygen atoms in total. The summed E-state index contributed by atoms with van der Waals surface area (Å²) < 4.78 is 0. The fourth-order valence-electron chi connectivity index (χ4n) is 7.44. The largest absolute Gasteiger partial charge is 0.370 e. The third-order valence-electron chi connectivity index (χ3n) is 8.76. The van der Waals surface area contributed by atoms with E-state index in [4.69, 9.17) is 0 Å². The summed E-state index contributed by atoms with van der Waals surface area (Å²) in [5, 5.41) is 3.38. The highest BCUT2D eigenvalue weighted by Crippen LogP contribution is 2.56. The average Bonchev–Trinajstić information content (AvgIpc) is 3.38. The Balaban J connectivity index is 1.38. The van der Waals surface area contributed by atoms with Crippen LogP contribution in [-0.4, -0.2) is 19.0 Å². The first-order valence-electron chi connectivity index (χ1n) is 12.0. The Morgan fingerprint density at radius 2 is 1.39 bits per heavy atom. The van der Waals surface area contributed by atoms with Crippen LogP contribution in [0.15, 0.2) is 12.1 Å². The van der Waals surface area contributed by atoms with E-state index in [1.807, 2.05) is 0 Å². The van der Waals surface area contributed by atoms with E-state index in [0.717, 1.165) is 42.2 Å². The average molecular weight is 379 g/mol. The van der Waals surface area contributed by atoms with Crippen molar-refractivity contribution in [1.82, 2.24) is 0 Å². The van der Waals surface area contributed by atoms with E-state index >= 15 is 0 Å². The number of hydrogen-bond donors (Lipinski definition) is 1. The van der Waals surface area contributed by atoms with Gasteiger partial charge in [-0.1, -0.05) is 32.1 Å². The van der Waals surface area contributed by atoms with Gasteiger partial charge in [0.2, 0.25) is 5.91 Å². The highest BCUT2D eigenvalue weighted by atomic mass is 16.1. The van der Waals surface area contributed by atoms with Gasteiger partial charge in [0, 0.05) is 30.4 Å². The molecule has 1 amide bonds. The molecule has 0 aromatic heterocycles. The number of rotatable bonds is 2. The van der Waals surface area contributed by atoms with Crippen molar-refractivity contribution in [2.45, 2.75) is 82.5 Å². The first kappa shape index (κ1) is 17.4. The Morgan fingerprint density at radius 1 is 0.786 bits per heavy atom. The smallest absolute Gasteiger partial charge is 0.227 e. The number of nitrogens with one attached hydrogen (secondary N) is 1. The maximum atomic E-state index is 12.9. The molecule has 3 aliphatic carbocycles. The predicted octanol–water partition coefficient (Wildman–Crippen LogP) is 5.81. The van der Waals surface area contributed by atoms with E-state index in [1.54, 1.807) is 16.8 Å². The van der Waals surface area contributed by atoms with Crippen LogP contribution in [0.1, 0.15) is 93.6 Å². The monoisotopic (exact) mass is 378 g/mol. The number of benzene rings is 1. The Kier molecular flexibility index (Phi) is 4.20. The molecule has 1 aromatic rings. The van der Waals surface area contributed by atoms with Gasteiger partial charge in [-0.15, -0.1) is 0 Å². The molecule has 6 rings (SSSR count). The zero-order valence-electron chi connectivity index (χ0n) is 17.1. The standard InChI is InChI=1S/C25H34N2O/c28-25(16-6-2-1-3-7-16)26-19-12-22-20-10-4-8-17(20)14-27-15-18-9-5-11-21(18)23(13-19)24(22)27/h12-13,16-18,20-21H,1-11,14-15H2,(H,26,28). The molecule has 1 N–H and O–H groups in total. The number of anilines is 2. The van der Waals surface area contributed by atoms with Crippen molar-refractivity contribution in [3.05, 3.63) is 23.3 Å². The topological polar surface area (TPSA) is 32.3 Å². The summed E-state index contributed by atoms with van der Waals surface area (Å²) in [5.74, 6) is 3.64. The lowest BCUT2D eigenvalue weighted by atomic mass is 9.75. The minimum absolute atomic E-state index is 0.232. The lowest BCUT2D eigenvalue weighted by Crippen LogP contribution is -2.43. The van der Waals surface area contributed by atoms with Crippen LogP contribution >= 0.6 is 0 Å². The first-order valence-corrected chi connectivity index (χ1v) is 12.0. The summed E-state index contributed by atoms with van der Waals surface area (Å²) in [6.45, 7) is 2.56.